The number of nitrogens with zero attached hydrogens (tertiary/aromatic N) is 2. The normalized spacial score (nSPS) is 26.9. The number of ether oxygens (including phenoxy) is 1. The Kier molecular flexibility index (Phi) is 3.96. The van der Waals surface area contributed by atoms with Crippen LogP contribution in [-0.4, -0.2) is 28.6 Å². The maximum atomic E-state index is 12.2. The maximum Gasteiger partial charge on any atom is 0.254 e. The predicted octanol–water partition coefficient (Wildman–Crippen LogP) is 2.50. The van der Waals surface area contributed by atoms with Gasteiger partial charge in [-0.1, -0.05) is 19.8 Å². The summed E-state index contributed by atoms with van der Waals surface area (Å²) in [5.74, 6) is 2.08. The van der Waals surface area contributed by atoms with E-state index in [2.05, 4.69) is 15.3 Å². The molecule has 1 saturated carbocycles. The molecule has 1 aromatic heterocycles. The van der Waals surface area contributed by atoms with Gasteiger partial charge in [0.1, 0.15) is 17.7 Å². The Morgan fingerprint density at radius 1 is 1.35 bits per heavy atom. The van der Waals surface area contributed by atoms with Crippen molar-refractivity contribution in [3.05, 3.63) is 18.1 Å². The van der Waals surface area contributed by atoms with Crippen molar-refractivity contribution >= 4 is 11.7 Å². The number of aromatic nitrogens is 2. The van der Waals surface area contributed by atoms with Crippen molar-refractivity contribution in [1.82, 2.24) is 9.97 Å². The first kappa shape index (κ1) is 13.5. The van der Waals surface area contributed by atoms with Crippen LogP contribution >= 0.6 is 0 Å². The van der Waals surface area contributed by atoms with Gasteiger partial charge in [0.25, 0.3) is 5.91 Å². The Balaban J connectivity index is 1.67. The van der Waals surface area contributed by atoms with Crippen LogP contribution in [0.4, 0.5) is 5.82 Å². The smallest absolute Gasteiger partial charge is 0.254 e. The summed E-state index contributed by atoms with van der Waals surface area (Å²) in [6.45, 7) is 2.71. The van der Waals surface area contributed by atoms with Gasteiger partial charge in [0.2, 0.25) is 0 Å². The van der Waals surface area contributed by atoms with Crippen molar-refractivity contribution in [1.29, 1.82) is 0 Å². The molecule has 5 nitrogen and oxygen atoms in total. The van der Waals surface area contributed by atoms with Crippen molar-refractivity contribution < 1.29 is 9.53 Å². The molecule has 1 aliphatic carbocycles. The quantitative estimate of drug-likeness (QED) is 0.920. The van der Waals surface area contributed by atoms with Crippen LogP contribution in [0.5, 0.6) is 0 Å². The van der Waals surface area contributed by atoms with Gasteiger partial charge in [-0.25, -0.2) is 9.97 Å². The molecule has 0 bridgehead atoms. The van der Waals surface area contributed by atoms with Crippen LogP contribution in [0.3, 0.4) is 0 Å². The van der Waals surface area contributed by atoms with Crippen molar-refractivity contribution in [3.8, 4) is 0 Å². The highest BCUT2D eigenvalue weighted by Crippen LogP contribution is 2.32. The largest absolute Gasteiger partial charge is 0.368 e. The molecule has 2 aliphatic rings. The molecule has 2 atom stereocenters. The fourth-order valence-corrected chi connectivity index (χ4v) is 3.05. The lowest BCUT2D eigenvalue weighted by Crippen LogP contribution is -2.31. The summed E-state index contributed by atoms with van der Waals surface area (Å²) >= 11 is 0. The van der Waals surface area contributed by atoms with Gasteiger partial charge in [0.15, 0.2) is 0 Å². The number of amides is 1. The van der Waals surface area contributed by atoms with E-state index in [1.165, 1.54) is 12.8 Å². The zero-order valence-electron chi connectivity index (χ0n) is 11.8. The highest BCUT2D eigenvalue weighted by atomic mass is 16.5. The minimum absolute atomic E-state index is 0.0916. The molecule has 20 heavy (non-hydrogen) atoms. The second-order valence-corrected chi connectivity index (χ2v) is 5.83. The van der Waals surface area contributed by atoms with Gasteiger partial charge < -0.3 is 10.1 Å². The SMILES string of the molecule is C[C@@H]1CCO[C@H]1C(=O)Nc1ccnc(C2CCCC2)n1. The Morgan fingerprint density at radius 3 is 2.85 bits per heavy atom. The van der Waals surface area contributed by atoms with E-state index in [0.29, 0.717) is 18.3 Å². The van der Waals surface area contributed by atoms with Gasteiger partial charge in [0, 0.05) is 18.7 Å². The molecule has 1 amide bonds. The monoisotopic (exact) mass is 275 g/mol. The van der Waals surface area contributed by atoms with Crippen molar-refractivity contribution in [3.63, 3.8) is 0 Å². The van der Waals surface area contributed by atoms with Crippen molar-refractivity contribution in [2.24, 2.45) is 5.92 Å². The molecular formula is C15H21N3O2. The van der Waals surface area contributed by atoms with Crippen LogP contribution in [0.25, 0.3) is 0 Å². The summed E-state index contributed by atoms with van der Waals surface area (Å²) < 4.78 is 5.47. The molecule has 0 radical (unpaired) electrons. The molecule has 2 heterocycles. The van der Waals surface area contributed by atoms with Gasteiger partial charge in [0.05, 0.1) is 0 Å². The Labute approximate surface area is 119 Å². The lowest BCUT2D eigenvalue weighted by atomic mass is 10.0. The number of hydrogen-bond acceptors (Lipinski definition) is 4. The summed E-state index contributed by atoms with van der Waals surface area (Å²) in [5.41, 5.74) is 0. The zero-order valence-corrected chi connectivity index (χ0v) is 11.8. The Morgan fingerprint density at radius 2 is 2.15 bits per heavy atom. The van der Waals surface area contributed by atoms with E-state index in [-0.39, 0.29) is 17.9 Å². The minimum Gasteiger partial charge on any atom is -0.368 e. The van der Waals surface area contributed by atoms with E-state index in [1.807, 2.05) is 6.92 Å². The van der Waals surface area contributed by atoms with Crippen LogP contribution in [0.2, 0.25) is 0 Å². The third kappa shape index (κ3) is 2.82. The first-order chi connectivity index (χ1) is 9.74. The first-order valence-electron chi connectivity index (χ1n) is 7.49. The van der Waals surface area contributed by atoms with E-state index in [1.54, 1.807) is 12.3 Å². The first-order valence-corrected chi connectivity index (χ1v) is 7.49. The van der Waals surface area contributed by atoms with Crippen LogP contribution in [0.15, 0.2) is 12.3 Å². The number of nitrogens with one attached hydrogen (secondary N) is 1. The van der Waals surface area contributed by atoms with E-state index in [4.69, 9.17) is 4.74 Å². The molecule has 0 aromatic carbocycles. The predicted molar refractivity (Wildman–Crippen MR) is 75.4 cm³/mol. The van der Waals surface area contributed by atoms with E-state index in [0.717, 1.165) is 25.1 Å². The van der Waals surface area contributed by atoms with Crippen LogP contribution < -0.4 is 5.32 Å². The number of rotatable bonds is 3. The molecule has 108 valence electrons. The van der Waals surface area contributed by atoms with Gasteiger partial charge in [-0.15, -0.1) is 0 Å². The van der Waals surface area contributed by atoms with Gasteiger partial charge in [-0.3, -0.25) is 4.79 Å². The Hall–Kier alpha value is -1.49. The van der Waals surface area contributed by atoms with Crippen LogP contribution in [0.1, 0.15) is 50.8 Å². The van der Waals surface area contributed by atoms with E-state index in [9.17, 15) is 4.79 Å². The average molecular weight is 275 g/mol. The minimum atomic E-state index is -0.347. The molecule has 1 N–H and O–H groups in total. The lowest BCUT2D eigenvalue weighted by Gasteiger charge is -2.15. The topological polar surface area (TPSA) is 64.1 Å². The molecule has 5 heteroatoms. The second-order valence-electron chi connectivity index (χ2n) is 5.83. The van der Waals surface area contributed by atoms with Gasteiger partial charge in [-0.05, 0) is 31.2 Å². The molecule has 1 saturated heterocycles. The fraction of sp³-hybridized carbons (Fsp3) is 0.667. The number of carbonyl (C=O) groups excluding carboxylic acids is 1. The highest BCUT2D eigenvalue weighted by Gasteiger charge is 2.31. The fourth-order valence-electron chi connectivity index (χ4n) is 3.05. The van der Waals surface area contributed by atoms with Crippen LogP contribution in [0, 0.1) is 5.92 Å². The van der Waals surface area contributed by atoms with Gasteiger partial charge >= 0.3 is 0 Å². The number of anilines is 1. The third-order valence-corrected chi connectivity index (χ3v) is 4.29. The van der Waals surface area contributed by atoms with Gasteiger partial charge in [-0.2, -0.15) is 0 Å². The van der Waals surface area contributed by atoms with E-state index < -0.39 is 0 Å². The molecule has 0 unspecified atom stereocenters. The third-order valence-electron chi connectivity index (χ3n) is 4.29. The summed E-state index contributed by atoms with van der Waals surface area (Å²) in [5, 5.41) is 2.86. The Bertz CT molecular complexity index is 486. The highest BCUT2D eigenvalue weighted by molar-refractivity contribution is 5.93. The summed E-state index contributed by atoms with van der Waals surface area (Å²) in [4.78, 5) is 21.0. The molecule has 1 aliphatic heterocycles. The molecule has 3 rings (SSSR count). The standard InChI is InChI=1S/C15H21N3O2/c1-10-7-9-20-13(10)15(19)18-12-6-8-16-14(17-12)11-4-2-3-5-11/h6,8,10-11,13H,2-5,7,9H2,1H3,(H,16,17,18,19)/t10-,13-/m1/s1. The summed E-state index contributed by atoms with van der Waals surface area (Å²) in [6, 6.07) is 1.75. The lowest BCUT2D eigenvalue weighted by molar-refractivity contribution is -0.126. The molecule has 0 spiro atoms. The zero-order chi connectivity index (χ0) is 13.9. The van der Waals surface area contributed by atoms with Crippen molar-refractivity contribution in [2.45, 2.75) is 51.0 Å². The second kappa shape index (κ2) is 5.87. The average Bonchev–Trinajstić information content (AvgIpc) is 3.09. The molecular weight excluding hydrogens is 254 g/mol. The molecule has 1 aromatic rings. The number of hydrogen-bond donors (Lipinski definition) is 1. The van der Waals surface area contributed by atoms with E-state index >= 15 is 0 Å². The maximum absolute atomic E-state index is 12.2. The molecule has 2 fully saturated rings. The summed E-state index contributed by atoms with van der Waals surface area (Å²) in [6.07, 6.45) is 7.13. The van der Waals surface area contributed by atoms with Crippen molar-refractivity contribution in [2.75, 3.05) is 11.9 Å². The summed E-state index contributed by atoms with van der Waals surface area (Å²) in [7, 11) is 0. The number of carbonyl (C=O) groups is 1. The van der Waals surface area contributed by atoms with Crippen LogP contribution in [-0.2, 0) is 9.53 Å².